The molecule has 174 valence electrons. The third-order valence-corrected chi connectivity index (χ3v) is 7.69. The fraction of sp³-hybridized carbons (Fsp3) is 0.458. The minimum absolute atomic E-state index is 0.177. The van der Waals surface area contributed by atoms with Crippen LogP contribution in [0.15, 0.2) is 41.3 Å². The van der Waals surface area contributed by atoms with E-state index in [2.05, 4.69) is 25.2 Å². The van der Waals surface area contributed by atoms with E-state index in [1.807, 2.05) is 19.9 Å². The molecule has 3 rings (SSSR count). The van der Waals surface area contributed by atoms with Crippen molar-refractivity contribution in [1.82, 2.24) is 9.62 Å². The van der Waals surface area contributed by atoms with E-state index in [0.29, 0.717) is 31.9 Å². The molecule has 0 bridgehead atoms. The molecule has 32 heavy (non-hydrogen) atoms. The molecule has 0 radical (unpaired) electrons. The summed E-state index contributed by atoms with van der Waals surface area (Å²) in [6.45, 7) is 9.59. The van der Waals surface area contributed by atoms with Crippen molar-refractivity contribution in [2.24, 2.45) is 0 Å². The number of amides is 1. The molecule has 1 N–H and O–H groups in total. The van der Waals surface area contributed by atoms with Crippen molar-refractivity contribution in [3.05, 3.63) is 58.7 Å². The number of benzene rings is 2. The third kappa shape index (κ3) is 5.14. The van der Waals surface area contributed by atoms with E-state index in [-0.39, 0.29) is 22.8 Å². The van der Waals surface area contributed by atoms with Crippen LogP contribution in [0.4, 0.5) is 0 Å². The van der Waals surface area contributed by atoms with Crippen molar-refractivity contribution in [3.63, 3.8) is 0 Å². The predicted octanol–water partition coefficient (Wildman–Crippen LogP) is 3.64. The minimum atomic E-state index is -3.59. The van der Waals surface area contributed by atoms with Gasteiger partial charge in [0.15, 0.2) is 0 Å². The molecular weight excluding hydrogens is 428 g/mol. The Morgan fingerprint density at radius 1 is 1.06 bits per heavy atom. The van der Waals surface area contributed by atoms with Gasteiger partial charge in [0.2, 0.25) is 10.0 Å². The molecule has 1 aliphatic rings. The smallest absolute Gasteiger partial charge is 0.251 e. The number of hydrogen-bond donors (Lipinski definition) is 1. The Hall–Kier alpha value is -2.42. The maximum absolute atomic E-state index is 12.8. The molecule has 1 saturated heterocycles. The highest BCUT2D eigenvalue weighted by Gasteiger charge is 2.26. The first-order valence-corrected chi connectivity index (χ1v) is 12.3. The molecule has 1 fully saturated rings. The van der Waals surface area contributed by atoms with Gasteiger partial charge < -0.3 is 14.8 Å². The number of ether oxygens (including phenoxy) is 2. The maximum Gasteiger partial charge on any atom is 0.251 e. The Bertz CT molecular complexity index is 1060. The number of morpholine rings is 1. The Balaban J connectivity index is 1.75. The second kappa shape index (κ2) is 10.0. The van der Waals surface area contributed by atoms with Crippen molar-refractivity contribution in [3.8, 4) is 5.75 Å². The first kappa shape index (κ1) is 24.2. The van der Waals surface area contributed by atoms with Crippen LogP contribution in [0.5, 0.6) is 5.75 Å². The van der Waals surface area contributed by atoms with Gasteiger partial charge in [0, 0.05) is 18.7 Å². The Kier molecular flexibility index (Phi) is 7.59. The third-order valence-electron chi connectivity index (χ3n) is 5.78. The molecule has 0 saturated carbocycles. The summed E-state index contributed by atoms with van der Waals surface area (Å²) >= 11 is 0. The lowest BCUT2D eigenvalue weighted by molar-refractivity contribution is 0.0730. The van der Waals surface area contributed by atoms with Crippen molar-refractivity contribution >= 4 is 15.9 Å². The highest BCUT2D eigenvalue weighted by molar-refractivity contribution is 7.89. The van der Waals surface area contributed by atoms with Crippen LogP contribution in [0.3, 0.4) is 0 Å². The van der Waals surface area contributed by atoms with E-state index >= 15 is 0 Å². The molecule has 0 unspecified atom stereocenters. The largest absolute Gasteiger partial charge is 0.496 e. The van der Waals surface area contributed by atoms with Crippen molar-refractivity contribution < 1.29 is 22.7 Å². The van der Waals surface area contributed by atoms with Gasteiger partial charge in [-0.1, -0.05) is 13.8 Å². The van der Waals surface area contributed by atoms with Gasteiger partial charge in [-0.05, 0) is 72.9 Å². The minimum Gasteiger partial charge on any atom is -0.496 e. The van der Waals surface area contributed by atoms with Gasteiger partial charge in [-0.15, -0.1) is 0 Å². The predicted molar refractivity (Wildman–Crippen MR) is 124 cm³/mol. The summed E-state index contributed by atoms with van der Waals surface area (Å²) in [7, 11) is -1.92. The molecule has 8 heteroatoms. The van der Waals surface area contributed by atoms with Crippen LogP contribution in [0.2, 0.25) is 0 Å². The van der Waals surface area contributed by atoms with E-state index in [1.165, 1.54) is 16.4 Å². The summed E-state index contributed by atoms with van der Waals surface area (Å²) in [4.78, 5) is 13.0. The number of carbonyl (C=O) groups excluding carboxylic acids is 1. The number of sulfonamides is 1. The van der Waals surface area contributed by atoms with Crippen LogP contribution in [0.25, 0.3) is 0 Å². The van der Waals surface area contributed by atoms with Gasteiger partial charge >= 0.3 is 0 Å². The fourth-order valence-corrected chi connectivity index (χ4v) is 5.29. The molecule has 1 amide bonds. The lowest BCUT2D eigenvalue weighted by Crippen LogP contribution is -2.40. The zero-order valence-electron chi connectivity index (χ0n) is 19.3. The normalized spacial score (nSPS) is 16.1. The van der Waals surface area contributed by atoms with Crippen LogP contribution in [-0.4, -0.2) is 52.0 Å². The van der Waals surface area contributed by atoms with Gasteiger partial charge in [-0.3, -0.25) is 4.79 Å². The van der Waals surface area contributed by atoms with E-state index < -0.39 is 10.0 Å². The maximum atomic E-state index is 12.8. The van der Waals surface area contributed by atoms with E-state index in [4.69, 9.17) is 9.47 Å². The Labute approximate surface area is 190 Å². The lowest BCUT2D eigenvalue weighted by Gasteiger charge is -2.26. The van der Waals surface area contributed by atoms with Crippen molar-refractivity contribution in [2.45, 2.75) is 44.6 Å². The SMILES string of the molecule is COc1cc(C)c([C@@H](C)NC(=O)c2ccc(S(=O)(=O)N3CCOCC3)cc2)cc1C(C)C. The number of aryl methyl sites for hydroxylation is 1. The summed E-state index contributed by atoms with van der Waals surface area (Å²) in [6.07, 6.45) is 0. The molecule has 0 spiro atoms. The van der Waals surface area contributed by atoms with Gasteiger partial charge in [-0.25, -0.2) is 8.42 Å². The first-order valence-electron chi connectivity index (χ1n) is 10.8. The van der Waals surface area contributed by atoms with E-state index in [1.54, 1.807) is 19.2 Å². The standard InChI is InChI=1S/C24H32N2O5S/c1-16(2)21-15-22(17(3)14-23(21)30-5)18(4)25-24(27)19-6-8-20(9-7-19)32(28,29)26-10-12-31-13-11-26/h6-9,14-16,18H,10-13H2,1-5H3,(H,25,27)/t18-/m1/s1. The van der Waals surface area contributed by atoms with Gasteiger partial charge in [-0.2, -0.15) is 4.31 Å². The fourth-order valence-electron chi connectivity index (χ4n) is 3.88. The topological polar surface area (TPSA) is 84.9 Å². The number of methoxy groups -OCH3 is 1. The van der Waals surface area contributed by atoms with Gasteiger partial charge in [0.25, 0.3) is 5.91 Å². The molecule has 1 aliphatic heterocycles. The molecule has 2 aromatic rings. The second-order valence-electron chi connectivity index (χ2n) is 8.34. The molecular formula is C24H32N2O5S. The summed E-state index contributed by atoms with van der Waals surface area (Å²) in [5.74, 6) is 0.874. The molecule has 0 aliphatic carbocycles. The van der Waals surface area contributed by atoms with Crippen LogP contribution in [-0.2, 0) is 14.8 Å². The average molecular weight is 461 g/mol. The van der Waals surface area contributed by atoms with Crippen molar-refractivity contribution in [1.29, 1.82) is 0 Å². The van der Waals surface area contributed by atoms with Crippen LogP contribution in [0.1, 0.15) is 59.8 Å². The quantitative estimate of drug-likeness (QED) is 0.682. The van der Waals surface area contributed by atoms with Crippen molar-refractivity contribution in [2.75, 3.05) is 33.4 Å². The number of rotatable bonds is 7. The second-order valence-corrected chi connectivity index (χ2v) is 10.3. The molecule has 1 atom stereocenters. The highest BCUT2D eigenvalue weighted by atomic mass is 32.2. The number of nitrogens with one attached hydrogen (secondary N) is 1. The first-order chi connectivity index (χ1) is 15.1. The van der Waals surface area contributed by atoms with Gasteiger partial charge in [0.1, 0.15) is 5.75 Å². The Morgan fingerprint density at radius 2 is 1.69 bits per heavy atom. The van der Waals surface area contributed by atoms with Crippen LogP contribution in [0, 0.1) is 6.92 Å². The molecule has 2 aromatic carbocycles. The van der Waals surface area contributed by atoms with E-state index in [0.717, 1.165) is 22.4 Å². The van der Waals surface area contributed by atoms with E-state index in [9.17, 15) is 13.2 Å². The van der Waals surface area contributed by atoms with Crippen LogP contribution < -0.4 is 10.1 Å². The van der Waals surface area contributed by atoms with Crippen LogP contribution >= 0.6 is 0 Å². The average Bonchev–Trinajstić information content (AvgIpc) is 2.79. The summed E-state index contributed by atoms with van der Waals surface area (Å²) in [6, 6.07) is 9.94. The molecule has 0 aromatic heterocycles. The zero-order chi connectivity index (χ0) is 23.5. The summed E-state index contributed by atoms with van der Waals surface area (Å²) < 4.78 is 37.7. The zero-order valence-corrected chi connectivity index (χ0v) is 20.2. The summed E-state index contributed by atoms with van der Waals surface area (Å²) in [5, 5.41) is 3.02. The number of nitrogens with zero attached hydrogens (tertiary/aromatic N) is 1. The molecule has 1 heterocycles. The number of carbonyl (C=O) groups is 1. The highest BCUT2D eigenvalue weighted by Crippen LogP contribution is 2.32. The van der Waals surface area contributed by atoms with Gasteiger partial charge in [0.05, 0.1) is 31.3 Å². The molecule has 7 nitrogen and oxygen atoms in total. The monoisotopic (exact) mass is 460 g/mol. The number of hydrogen-bond acceptors (Lipinski definition) is 5. The Morgan fingerprint density at radius 3 is 2.25 bits per heavy atom. The lowest BCUT2D eigenvalue weighted by atomic mass is 9.93. The summed E-state index contributed by atoms with van der Waals surface area (Å²) in [5.41, 5.74) is 3.56.